The molecule has 0 radical (unpaired) electrons. The number of methoxy groups -OCH3 is 1. The molecule has 1 aliphatic heterocycles. The average Bonchev–Trinajstić information content (AvgIpc) is 2.47. The van der Waals surface area contributed by atoms with Crippen LogP contribution in [0.15, 0.2) is 11.1 Å². The van der Waals surface area contributed by atoms with Crippen molar-refractivity contribution in [3.8, 4) is 5.75 Å². The van der Waals surface area contributed by atoms with Crippen LogP contribution < -0.4 is 4.74 Å². The minimum absolute atomic E-state index is 0.0276. The van der Waals surface area contributed by atoms with E-state index in [0.29, 0.717) is 32.0 Å². The van der Waals surface area contributed by atoms with E-state index in [4.69, 9.17) is 9.47 Å². The largest absolute Gasteiger partial charge is 0.490 e. The molecule has 1 heterocycles. The van der Waals surface area contributed by atoms with Gasteiger partial charge in [0.2, 0.25) is 5.82 Å². The summed E-state index contributed by atoms with van der Waals surface area (Å²) in [6.45, 7) is 4.95. The van der Waals surface area contributed by atoms with E-state index < -0.39 is 11.6 Å². The summed E-state index contributed by atoms with van der Waals surface area (Å²) >= 11 is 0. The van der Waals surface area contributed by atoms with Gasteiger partial charge in [0.05, 0.1) is 12.6 Å². The number of aliphatic imine (C=N–C) groups is 1. The van der Waals surface area contributed by atoms with Crippen LogP contribution in [-0.2, 0) is 11.2 Å². The highest BCUT2D eigenvalue weighted by atomic mass is 19.2. The molecule has 3 nitrogen and oxygen atoms in total. The number of benzene rings is 1. The van der Waals surface area contributed by atoms with Gasteiger partial charge < -0.3 is 9.47 Å². The predicted octanol–water partition coefficient (Wildman–Crippen LogP) is 3.38. The Labute approximate surface area is 124 Å². The van der Waals surface area contributed by atoms with Crippen LogP contribution in [0.25, 0.3) is 0 Å². The summed E-state index contributed by atoms with van der Waals surface area (Å²) in [7, 11) is 1.59. The standard InChI is InChI=1S/C16H21F2NO2/c1-10(2)13-7-11-8-14(21-6-4-5-20-3)16(18)15(17)12(11)9-19-13/h8-10,13H,4-7H2,1-3H3/t13-/m0/s1. The second kappa shape index (κ2) is 6.98. The first-order valence-corrected chi connectivity index (χ1v) is 7.20. The van der Waals surface area contributed by atoms with Crippen LogP contribution in [0.2, 0.25) is 0 Å². The summed E-state index contributed by atoms with van der Waals surface area (Å²) in [4.78, 5) is 4.30. The summed E-state index contributed by atoms with van der Waals surface area (Å²) < 4.78 is 38.3. The molecule has 0 amide bonds. The Hall–Kier alpha value is -1.49. The van der Waals surface area contributed by atoms with Gasteiger partial charge in [-0.25, -0.2) is 4.39 Å². The zero-order valence-corrected chi connectivity index (χ0v) is 12.7. The van der Waals surface area contributed by atoms with Crippen molar-refractivity contribution < 1.29 is 18.3 Å². The van der Waals surface area contributed by atoms with Gasteiger partial charge in [-0.15, -0.1) is 0 Å². The van der Waals surface area contributed by atoms with E-state index in [0.717, 1.165) is 5.56 Å². The third kappa shape index (κ3) is 3.59. The molecule has 0 spiro atoms. The van der Waals surface area contributed by atoms with Crippen LogP contribution in [0.4, 0.5) is 8.78 Å². The fourth-order valence-electron chi connectivity index (χ4n) is 2.32. The summed E-state index contributed by atoms with van der Waals surface area (Å²) in [5.41, 5.74) is 0.998. The van der Waals surface area contributed by atoms with Crippen molar-refractivity contribution >= 4 is 6.21 Å². The second-order valence-corrected chi connectivity index (χ2v) is 5.56. The Bertz CT molecular complexity index is 529. The van der Waals surface area contributed by atoms with Gasteiger partial charge in [-0.05, 0) is 24.0 Å². The highest BCUT2D eigenvalue weighted by molar-refractivity contribution is 5.84. The topological polar surface area (TPSA) is 30.8 Å². The third-order valence-electron chi connectivity index (χ3n) is 3.64. The SMILES string of the molecule is COCCCOc1cc2c(c(F)c1F)C=N[C@H](C(C)C)C2. The van der Waals surface area contributed by atoms with Crippen LogP contribution in [0.5, 0.6) is 5.75 Å². The van der Waals surface area contributed by atoms with Crippen molar-refractivity contribution in [2.75, 3.05) is 20.3 Å². The van der Waals surface area contributed by atoms with E-state index in [-0.39, 0.29) is 17.4 Å². The Morgan fingerprint density at radius 1 is 1.29 bits per heavy atom. The van der Waals surface area contributed by atoms with Crippen LogP contribution in [0.3, 0.4) is 0 Å². The van der Waals surface area contributed by atoms with E-state index in [9.17, 15) is 8.78 Å². The predicted molar refractivity (Wildman–Crippen MR) is 78.3 cm³/mol. The van der Waals surface area contributed by atoms with Crippen molar-refractivity contribution in [3.05, 3.63) is 28.8 Å². The maximum atomic E-state index is 14.1. The highest BCUT2D eigenvalue weighted by Gasteiger charge is 2.24. The Morgan fingerprint density at radius 3 is 2.71 bits per heavy atom. The van der Waals surface area contributed by atoms with E-state index in [1.54, 1.807) is 13.2 Å². The molecule has 5 heteroatoms. The molecule has 0 N–H and O–H groups in total. The van der Waals surface area contributed by atoms with Crippen molar-refractivity contribution in [1.82, 2.24) is 0 Å². The molecule has 0 bridgehead atoms. The molecule has 0 saturated carbocycles. The van der Waals surface area contributed by atoms with Gasteiger partial charge in [-0.1, -0.05) is 13.8 Å². The van der Waals surface area contributed by atoms with E-state index in [2.05, 4.69) is 18.8 Å². The van der Waals surface area contributed by atoms with Gasteiger partial charge in [0.25, 0.3) is 0 Å². The Morgan fingerprint density at radius 2 is 2.05 bits per heavy atom. The molecule has 0 saturated heterocycles. The van der Waals surface area contributed by atoms with Gasteiger partial charge >= 0.3 is 0 Å². The molecule has 1 aromatic rings. The minimum atomic E-state index is -0.944. The van der Waals surface area contributed by atoms with Gasteiger partial charge in [0, 0.05) is 31.9 Å². The van der Waals surface area contributed by atoms with Gasteiger partial charge in [0.15, 0.2) is 11.6 Å². The maximum absolute atomic E-state index is 14.1. The molecule has 1 aromatic carbocycles. The number of rotatable bonds is 6. The molecule has 0 unspecified atom stereocenters. The quantitative estimate of drug-likeness (QED) is 0.754. The molecule has 0 aromatic heterocycles. The van der Waals surface area contributed by atoms with E-state index in [1.807, 2.05) is 0 Å². The molecular weight excluding hydrogens is 276 g/mol. The number of hydrogen-bond acceptors (Lipinski definition) is 3. The Kier molecular flexibility index (Phi) is 5.28. The first-order chi connectivity index (χ1) is 10.0. The lowest BCUT2D eigenvalue weighted by atomic mass is 9.91. The highest BCUT2D eigenvalue weighted by Crippen LogP contribution is 2.30. The maximum Gasteiger partial charge on any atom is 0.201 e. The number of ether oxygens (including phenoxy) is 2. The number of nitrogens with zero attached hydrogens (tertiary/aromatic N) is 1. The zero-order chi connectivity index (χ0) is 15.4. The molecule has 1 aliphatic rings. The number of halogens is 2. The fraction of sp³-hybridized carbons (Fsp3) is 0.562. The lowest BCUT2D eigenvalue weighted by molar-refractivity contribution is 0.170. The van der Waals surface area contributed by atoms with Crippen LogP contribution >= 0.6 is 0 Å². The molecule has 2 rings (SSSR count). The van der Waals surface area contributed by atoms with Gasteiger partial charge in [-0.3, -0.25) is 4.99 Å². The Balaban J connectivity index is 2.20. The first-order valence-electron chi connectivity index (χ1n) is 7.20. The number of fused-ring (bicyclic) bond motifs is 1. The lowest BCUT2D eigenvalue weighted by Gasteiger charge is -2.23. The molecule has 116 valence electrons. The third-order valence-corrected chi connectivity index (χ3v) is 3.64. The lowest BCUT2D eigenvalue weighted by Crippen LogP contribution is -2.22. The van der Waals surface area contributed by atoms with Crippen molar-refractivity contribution in [3.63, 3.8) is 0 Å². The molecule has 21 heavy (non-hydrogen) atoms. The average molecular weight is 297 g/mol. The summed E-state index contributed by atoms with van der Waals surface area (Å²) in [6, 6.07) is 1.70. The smallest absolute Gasteiger partial charge is 0.201 e. The molecular formula is C16H21F2NO2. The molecule has 0 fully saturated rings. The van der Waals surface area contributed by atoms with Gasteiger partial charge in [0.1, 0.15) is 0 Å². The molecule has 0 aliphatic carbocycles. The van der Waals surface area contributed by atoms with Crippen LogP contribution in [0, 0.1) is 17.6 Å². The van der Waals surface area contributed by atoms with E-state index >= 15 is 0 Å². The van der Waals surface area contributed by atoms with Crippen LogP contribution in [-0.4, -0.2) is 32.6 Å². The number of hydrogen-bond donors (Lipinski definition) is 0. The monoisotopic (exact) mass is 297 g/mol. The van der Waals surface area contributed by atoms with E-state index in [1.165, 1.54) is 6.21 Å². The van der Waals surface area contributed by atoms with Crippen LogP contribution in [0.1, 0.15) is 31.4 Å². The second-order valence-electron chi connectivity index (χ2n) is 5.56. The van der Waals surface area contributed by atoms with Crippen molar-refractivity contribution in [2.45, 2.75) is 32.7 Å². The summed E-state index contributed by atoms with van der Waals surface area (Å²) in [6.07, 6.45) is 2.68. The minimum Gasteiger partial charge on any atom is -0.490 e. The first kappa shape index (κ1) is 15.9. The normalized spacial score (nSPS) is 17.1. The van der Waals surface area contributed by atoms with Crippen molar-refractivity contribution in [1.29, 1.82) is 0 Å². The summed E-state index contributed by atoms with van der Waals surface area (Å²) in [5, 5.41) is 0. The fourth-order valence-corrected chi connectivity index (χ4v) is 2.32. The van der Waals surface area contributed by atoms with Crippen molar-refractivity contribution in [2.24, 2.45) is 10.9 Å². The van der Waals surface area contributed by atoms with Gasteiger partial charge in [-0.2, -0.15) is 4.39 Å². The summed E-state index contributed by atoms with van der Waals surface area (Å²) in [5.74, 6) is -1.49. The molecule has 1 atom stereocenters. The zero-order valence-electron chi connectivity index (χ0n) is 12.7.